The number of benzene rings is 3. The molecule has 1 saturated carbocycles. The van der Waals surface area contributed by atoms with E-state index in [0.717, 1.165) is 31.2 Å². The zero-order chi connectivity index (χ0) is 25.8. The highest BCUT2D eigenvalue weighted by Gasteiger charge is 2.36. The first-order valence-corrected chi connectivity index (χ1v) is 12.8. The Bertz CT molecular complexity index is 1270. The fourth-order valence-corrected chi connectivity index (χ4v) is 5.07. The van der Waals surface area contributed by atoms with Crippen LogP contribution in [0.5, 0.6) is 17.2 Å². The van der Waals surface area contributed by atoms with E-state index < -0.39 is 6.04 Å². The van der Waals surface area contributed by atoms with Crippen molar-refractivity contribution >= 4 is 17.5 Å². The van der Waals surface area contributed by atoms with E-state index in [1.165, 1.54) is 0 Å². The maximum atomic E-state index is 14.3. The molecule has 192 valence electrons. The minimum atomic E-state index is -0.881. The van der Waals surface area contributed by atoms with Gasteiger partial charge in [0.25, 0.3) is 5.91 Å². The molecule has 0 spiro atoms. The van der Waals surface area contributed by atoms with Crippen LogP contribution in [0, 0.1) is 6.92 Å². The van der Waals surface area contributed by atoms with Crippen molar-refractivity contribution in [2.75, 3.05) is 25.2 Å². The number of fused-ring (bicyclic) bond motifs is 1. The van der Waals surface area contributed by atoms with Crippen molar-refractivity contribution in [3.8, 4) is 17.2 Å². The number of nitrogens with one attached hydrogen (secondary N) is 1. The first-order valence-electron chi connectivity index (χ1n) is 12.8. The molecule has 1 fully saturated rings. The summed E-state index contributed by atoms with van der Waals surface area (Å²) in [4.78, 5) is 29.9. The number of para-hydroxylation sites is 1. The molecule has 0 radical (unpaired) electrons. The summed E-state index contributed by atoms with van der Waals surface area (Å²) in [6, 6.07) is 19.3. The minimum Gasteiger partial charge on any atom is -0.497 e. The number of carbonyl (C=O) groups is 2. The van der Waals surface area contributed by atoms with Gasteiger partial charge in [0, 0.05) is 17.3 Å². The molecule has 7 nitrogen and oxygen atoms in total. The lowest BCUT2D eigenvalue weighted by atomic mass is 9.99. The Morgan fingerprint density at radius 1 is 0.946 bits per heavy atom. The van der Waals surface area contributed by atoms with Crippen molar-refractivity contribution in [1.29, 1.82) is 0 Å². The molecule has 2 aliphatic rings. The van der Waals surface area contributed by atoms with E-state index >= 15 is 0 Å². The Morgan fingerprint density at radius 3 is 2.35 bits per heavy atom. The summed E-state index contributed by atoms with van der Waals surface area (Å²) in [5, 5.41) is 3.22. The van der Waals surface area contributed by atoms with E-state index in [1.54, 1.807) is 30.2 Å². The summed E-state index contributed by atoms with van der Waals surface area (Å²) in [5.41, 5.74) is 2.68. The van der Waals surface area contributed by atoms with Crippen molar-refractivity contribution in [2.24, 2.45) is 0 Å². The number of carbonyl (C=O) groups excluding carboxylic acids is 2. The zero-order valence-electron chi connectivity index (χ0n) is 21.2. The molecular weight excluding hydrogens is 468 g/mol. The number of methoxy groups -OCH3 is 1. The molecule has 7 heteroatoms. The second-order valence-corrected chi connectivity index (χ2v) is 9.49. The lowest BCUT2D eigenvalue weighted by Crippen LogP contribution is -2.46. The van der Waals surface area contributed by atoms with E-state index in [4.69, 9.17) is 14.2 Å². The van der Waals surface area contributed by atoms with Gasteiger partial charge in [0.05, 0.1) is 7.11 Å². The van der Waals surface area contributed by atoms with Crippen LogP contribution in [0.3, 0.4) is 0 Å². The number of rotatable bonds is 7. The van der Waals surface area contributed by atoms with E-state index in [-0.39, 0.29) is 17.9 Å². The van der Waals surface area contributed by atoms with E-state index in [1.807, 2.05) is 55.5 Å². The molecule has 5 rings (SSSR count). The normalized spacial score (nSPS) is 15.6. The van der Waals surface area contributed by atoms with Crippen LogP contribution < -0.4 is 24.4 Å². The lowest BCUT2D eigenvalue weighted by Gasteiger charge is -2.33. The Kier molecular flexibility index (Phi) is 7.30. The van der Waals surface area contributed by atoms with Crippen LogP contribution in [-0.4, -0.2) is 38.2 Å². The van der Waals surface area contributed by atoms with Gasteiger partial charge >= 0.3 is 0 Å². The summed E-state index contributed by atoms with van der Waals surface area (Å²) in [5.74, 6) is 1.31. The molecule has 1 aliphatic carbocycles. The number of amides is 2. The van der Waals surface area contributed by atoms with Gasteiger partial charge in [0.1, 0.15) is 25.0 Å². The van der Waals surface area contributed by atoms with Crippen LogP contribution in [0.4, 0.5) is 5.69 Å². The molecule has 1 heterocycles. The summed E-state index contributed by atoms with van der Waals surface area (Å²) in [6.45, 7) is 2.83. The van der Waals surface area contributed by atoms with E-state index in [0.29, 0.717) is 47.3 Å². The predicted molar refractivity (Wildman–Crippen MR) is 142 cm³/mol. The Morgan fingerprint density at radius 2 is 1.65 bits per heavy atom. The molecule has 1 N–H and O–H groups in total. The van der Waals surface area contributed by atoms with Crippen LogP contribution in [0.15, 0.2) is 66.7 Å². The number of anilines is 1. The van der Waals surface area contributed by atoms with Crippen molar-refractivity contribution in [1.82, 2.24) is 5.32 Å². The van der Waals surface area contributed by atoms with Crippen molar-refractivity contribution in [2.45, 2.75) is 44.7 Å². The third-order valence-corrected chi connectivity index (χ3v) is 7.02. The van der Waals surface area contributed by atoms with Gasteiger partial charge in [0.2, 0.25) is 5.91 Å². The maximum Gasteiger partial charge on any atom is 0.259 e. The molecular formula is C30H32N2O5. The third-order valence-electron chi connectivity index (χ3n) is 7.02. The molecule has 0 saturated heterocycles. The second-order valence-electron chi connectivity index (χ2n) is 9.49. The number of ether oxygens (including phenoxy) is 3. The lowest BCUT2D eigenvalue weighted by molar-refractivity contribution is -0.123. The molecule has 3 aromatic carbocycles. The SMILES string of the molecule is COc1ccc([C@@H](C(=O)NC2CCCC2)N(C(=O)c2ccc3c(c2)OCCO3)c2ccccc2C)cc1. The third kappa shape index (κ3) is 5.26. The van der Waals surface area contributed by atoms with Crippen molar-refractivity contribution in [3.05, 3.63) is 83.4 Å². The Labute approximate surface area is 217 Å². The molecule has 0 aromatic heterocycles. The predicted octanol–water partition coefficient (Wildman–Crippen LogP) is 5.22. The highest BCUT2D eigenvalue weighted by molar-refractivity contribution is 6.10. The smallest absolute Gasteiger partial charge is 0.259 e. The molecule has 2 amide bonds. The summed E-state index contributed by atoms with van der Waals surface area (Å²) >= 11 is 0. The van der Waals surface area contributed by atoms with Gasteiger partial charge in [-0.3, -0.25) is 14.5 Å². The molecule has 1 atom stereocenters. The topological polar surface area (TPSA) is 77.1 Å². The number of hydrogen-bond acceptors (Lipinski definition) is 5. The monoisotopic (exact) mass is 500 g/mol. The molecule has 1 aliphatic heterocycles. The first kappa shape index (κ1) is 24.7. The average Bonchev–Trinajstić information content (AvgIpc) is 3.44. The van der Waals surface area contributed by atoms with Crippen molar-refractivity contribution in [3.63, 3.8) is 0 Å². The standard InChI is InChI=1S/C30H32N2O5/c1-20-7-3-6-10-25(20)32(30(34)22-13-16-26-27(19-22)37-18-17-36-26)28(21-11-14-24(35-2)15-12-21)29(33)31-23-8-4-5-9-23/h3,6-7,10-16,19,23,28H,4-5,8-9,17-18H2,1-2H3,(H,31,33)/t28-/m0/s1. The van der Waals surface area contributed by atoms with Crippen LogP contribution in [0.2, 0.25) is 0 Å². The van der Waals surface area contributed by atoms with Crippen LogP contribution in [-0.2, 0) is 4.79 Å². The minimum absolute atomic E-state index is 0.108. The van der Waals surface area contributed by atoms with E-state index in [9.17, 15) is 9.59 Å². The van der Waals surface area contributed by atoms with Gasteiger partial charge in [-0.15, -0.1) is 0 Å². The summed E-state index contributed by atoms with van der Waals surface area (Å²) in [6.07, 6.45) is 4.08. The van der Waals surface area contributed by atoms with Gasteiger partial charge in [-0.2, -0.15) is 0 Å². The highest BCUT2D eigenvalue weighted by atomic mass is 16.6. The summed E-state index contributed by atoms with van der Waals surface area (Å²) < 4.78 is 16.7. The zero-order valence-corrected chi connectivity index (χ0v) is 21.2. The first-order chi connectivity index (χ1) is 18.0. The molecule has 37 heavy (non-hydrogen) atoms. The number of hydrogen-bond donors (Lipinski definition) is 1. The van der Waals surface area contributed by atoms with Gasteiger partial charge < -0.3 is 19.5 Å². The van der Waals surface area contributed by atoms with Gasteiger partial charge in [-0.25, -0.2) is 0 Å². The largest absolute Gasteiger partial charge is 0.497 e. The van der Waals surface area contributed by atoms with Crippen LogP contribution in [0.1, 0.15) is 53.2 Å². The van der Waals surface area contributed by atoms with Gasteiger partial charge in [-0.05, 0) is 67.3 Å². The van der Waals surface area contributed by atoms with E-state index in [2.05, 4.69) is 5.32 Å². The maximum absolute atomic E-state index is 14.3. The Hall–Kier alpha value is -4.00. The van der Waals surface area contributed by atoms with Crippen molar-refractivity contribution < 1.29 is 23.8 Å². The number of aryl methyl sites for hydroxylation is 1. The van der Waals surface area contributed by atoms with Crippen LogP contribution in [0.25, 0.3) is 0 Å². The fourth-order valence-electron chi connectivity index (χ4n) is 5.07. The van der Waals surface area contributed by atoms with Gasteiger partial charge in [-0.1, -0.05) is 43.2 Å². The fraction of sp³-hybridized carbons (Fsp3) is 0.333. The highest BCUT2D eigenvalue weighted by Crippen LogP contribution is 2.36. The van der Waals surface area contributed by atoms with Crippen LogP contribution >= 0.6 is 0 Å². The Balaban J connectivity index is 1.61. The second kappa shape index (κ2) is 10.9. The van der Waals surface area contributed by atoms with Gasteiger partial charge in [0.15, 0.2) is 11.5 Å². The quantitative estimate of drug-likeness (QED) is 0.481. The average molecular weight is 501 g/mol. The number of nitrogens with zero attached hydrogens (tertiary/aromatic N) is 1. The summed E-state index contributed by atoms with van der Waals surface area (Å²) in [7, 11) is 1.60. The molecule has 3 aromatic rings. The molecule has 0 bridgehead atoms. The molecule has 0 unspecified atom stereocenters.